The van der Waals surface area contributed by atoms with Gasteiger partial charge in [0.2, 0.25) is 0 Å². The van der Waals surface area contributed by atoms with Crippen molar-refractivity contribution in [3.8, 4) is 11.5 Å². The third-order valence-electron chi connectivity index (χ3n) is 3.92. The van der Waals surface area contributed by atoms with E-state index in [1.165, 1.54) is 33.1 Å². The standard InChI is InChI=1S/C21H23NO6/c1-5-27-19-12-15(10-11-18(19)26-4)21(25)28-14(3)20(24)22-17-9-7-6-8-16(17)13(2)23/h6-12,14H,5H2,1-4H3,(H,22,24)/t14-/m0/s1. The minimum Gasteiger partial charge on any atom is -0.493 e. The van der Waals surface area contributed by atoms with E-state index in [0.29, 0.717) is 29.4 Å². The molecule has 0 aliphatic rings. The number of anilines is 1. The number of nitrogens with one attached hydrogen (secondary N) is 1. The average Bonchev–Trinajstić information content (AvgIpc) is 2.68. The van der Waals surface area contributed by atoms with Crippen molar-refractivity contribution in [3.63, 3.8) is 0 Å². The van der Waals surface area contributed by atoms with Gasteiger partial charge in [0.1, 0.15) is 0 Å². The number of rotatable bonds is 8. The molecule has 1 N–H and O–H groups in total. The molecular formula is C21H23NO6. The van der Waals surface area contributed by atoms with Crippen LogP contribution in [-0.2, 0) is 9.53 Å². The van der Waals surface area contributed by atoms with E-state index in [1.54, 1.807) is 30.3 Å². The molecule has 2 rings (SSSR count). The summed E-state index contributed by atoms with van der Waals surface area (Å²) in [6.45, 7) is 5.09. The monoisotopic (exact) mass is 385 g/mol. The summed E-state index contributed by atoms with van der Waals surface area (Å²) < 4.78 is 15.9. The molecule has 0 unspecified atom stereocenters. The Morgan fingerprint density at radius 2 is 1.79 bits per heavy atom. The minimum atomic E-state index is -1.06. The van der Waals surface area contributed by atoms with E-state index in [1.807, 2.05) is 6.92 Å². The molecule has 0 heterocycles. The van der Waals surface area contributed by atoms with Crippen LogP contribution in [0.3, 0.4) is 0 Å². The normalized spacial score (nSPS) is 11.3. The van der Waals surface area contributed by atoms with Crippen LogP contribution in [0.25, 0.3) is 0 Å². The summed E-state index contributed by atoms with van der Waals surface area (Å²) in [5, 5.41) is 2.62. The summed E-state index contributed by atoms with van der Waals surface area (Å²) in [6.07, 6.45) is -1.06. The molecule has 0 aliphatic heterocycles. The molecule has 28 heavy (non-hydrogen) atoms. The molecule has 0 saturated heterocycles. The summed E-state index contributed by atoms with van der Waals surface area (Å²) in [4.78, 5) is 36.4. The number of benzene rings is 2. The lowest BCUT2D eigenvalue weighted by atomic mass is 10.1. The van der Waals surface area contributed by atoms with Crippen LogP contribution in [0.15, 0.2) is 42.5 Å². The fraction of sp³-hybridized carbons (Fsp3) is 0.286. The maximum Gasteiger partial charge on any atom is 0.339 e. The molecule has 1 atom stereocenters. The maximum absolute atomic E-state index is 12.4. The molecular weight excluding hydrogens is 362 g/mol. The Labute approximate surface area is 163 Å². The highest BCUT2D eigenvalue weighted by Crippen LogP contribution is 2.28. The van der Waals surface area contributed by atoms with Crippen LogP contribution < -0.4 is 14.8 Å². The Morgan fingerprint density at radius 3 is 2.43 bits per heavy atom. The fourth-order valence-corrected chi connectivity index (χ4v) is 2.49. The van der Waals surface area contributed by atoms with Crippen LogP contribution in [0.2, 0.25) is 0 Å². The number of ketones is 1. The zero-order chi connectivity index (χ0) is 20.7. The topological polar surface area (TPSA) is 90.9 Å². The van der Waals surface area contributed by atoms with Gasteiger partial charge in [0.15, 0.2) is 23.4 Å². The van der Waals surface area contributed by atoms with Crippen LogP contribution in [0.5, 0.6) is 11.5 Å². The zero-order valence-corrected chi connectivity index (χ0v) is 16.3. The molecule has 0 spiro atoms. The highest BCUT2D eigenvalue weighted by molar-refractivity contribution is 6.05. The van der Waals surface area contributed by atoms with Crippen molar-refractivity contribution in [2.24, 2.45) is 0 Å². The minimum absolute atomic E-state index is 0.178. The van der Waals surface area contributed by atoms with Gasteiger partial charge in [-0.3, -0.25) is 9.59 Å². The van der Waals surface area contributed by atoms with E-state index in [0.717, 1.165) is 0 Å². The SMILES string of the molecule is CCOc1cc(C(=O)O[C@@H](C)C(=O)Nc2ccccc2C(C)=O)ccc1OC. The predicted molar refractivity (Wildman–Crippen MR) is 104 cm³/mol. The van der Waals surface area contributed by atoms with Gasteiger partial charge in [-0.1, -0.05) is 12.1 Å². The fourth-order valence-electron chi connectivity index (χ4n) is 2.49. The van der Waals surface area contributed by atoms with Crippen LogP contribution in [-0.4, -0.2) is 37.5 Å². The van der Waals surface area contributed by atoms with Gasteiger partial charge in [0.05, 0.1) is 25.0 Å². The van der Waals surface area contributed by atoms with Crippen molar-refractivity contribution < 1.29 is 28.6 Å². The van der Waals surface area contributed by atoms with Gasteiger partial charge in [0, 0.05) is 5.56 Å². The van der Waals surface area contributed by atoms with Crippen LogP contribution in [0.4, 0.5) is 5.69 Å². The first kappa shape index (κ1) is 21.0. The van der Waals surface area contributed by atoms with Crippen molar-refractivity contribution in [3.05, 3.63) is 53.6 Å². The lowest BCUT2D eigenvalue weighted by Crippen LogP contribution is -2.30. The number of ether oxygens (including phenoxy) is 3. The van der Waals surface area contributed by atoms with Crippen LogP contribution >= 0.6 is 0 Å². The molecule has 0 aliphatic carbocycles. The molecule has 0 fully saturated rings. The first-order valence-electron chi connectivity index (χ1n) is 8.80. The van der Waals surface area contributed by atoms with Crippen molar-refractivity contribution in [2.45, 2.75) is 26.9 Å². The second-order valence-electron chi connectivity index (χ2n) is 5.94. The van der Waals surface area contributed by atoms with Gasteiger partial charge < -0.3 is 19.5 Å². The summed E-state index contributed by atoms with van der Waals surface area (Å²) in [7, 11) is 1.50. The van der Waals surface area contributed by atoms with Crippen molar-refractivity contribution in [1.29, 1.82) is 0 Å². The van der Waals surface area contributed by atoms with E-state index in [4.69, 9.17) is 14.2 Å². The van der Waals surface area contributed by atoms with Gasteiger partial charge in [-0.05, 0) is 51.1 Å². The Balaban J connectivity index is 2.09. The number of Topliss-reactive ketones (excluding diaryl/α,β-unsaturated/α-hetero) is 1. The third kappa shape index (κ3) is 5.09. The molecule has 0 aromatic heterocycles. The molecule has 0 radical (unpaired) electrons. The van der Waals surface area contributed by atoms with Gasteiger partial charge in [0.25, 0.3) is 5.91 Å². The smallest absolute Gasteiger partial charge is 0.339 e. The van der Waals surface area contributed by atoms with E-state index < -0.39 is 18.0 Å². The van der Waals surface area contributed by atoms with Crippen LogP contribution in [0.1, 0.15) is 41.5 Å². The summed E-state index contributed by atoms with van der Waals surface area (Å²) in [6, 6.07) is 11.2. The number of amides is 1. The van der Waals surface area contributed by atoms with Gasteiger partial charge in [-0.2, -0.15) is 0 Å². The number of esters is 1. The summed E-state index contributed by atoms with van der Waals surface area (Å²) in [5.74, 6) is -0.495. The number of hydrogen-bond donors (Lipinski definition) is 1. The first-order valence-corrected chi connectivity index (χ1v) is 8.80. The predicted octanol–water partition coefficient (Wildman–Crippen LogP) is 3.48. The summed E-state index contributed by atoms with van der Waals surface area (Å²) in [5.41, 5.74) is 0.977. The quantitative estimate of drug-likeness (QED) is 0.553. The highest BCUT2D eigenvalue weighted by Gasteiger charge is 2.21. The van der Waals surface area contributed by atoms with Gasteiger partial charge >= 0.3 is 5.97 Å². The maximum atomic E-state index is 12.4. The zero-order valence-electron chi connectivity index (χ0n) is 16.3. The van der Waals surface area contributed by atoms with Crippen molar-refractivity contribution in [1.82, 2.24) is 0 Å². The molecule has 7 nitrogen and oxygen atoms in total. The second kappa shape index (κ2) is 9.55. The Bertz CT molecular complexity index is 877. The summed E-state index contributed by atoms with van der Waals surface area (Å²) >= 11 is 0. The molecule has 0 saturated carbocycles. The van der Waals surface area contributed by atoms with E-state index in [2.05, 4.69) is 5.32 Å². The Hall–Kier alpha value is -3.35. The number of carbonyl (C=O) groups excluding carboxylic acids is 3. The number of methoxy groups -OCH3 is 1. The molecule has 2 aromatic carbocycles. The lowest BCUT2D eigenvalue weighted by molar-refractivity contribution is -0.123. The first-order chi connectivity index (χ1) is 13.4. The van der Waals surface area contributed by atoms with E-state index in [9.17, 15) is 14.4 Å². The average molecular weight is 385 g/mol. The molecule has 148 valence electrons. The van der Waals surface area contributed by atoms with E-state index >= 15 is 0 Å². The largest absolute Gasteiger partial charge is 0.493 e. The third-order valence-corrected chi connectivity index (χ3v) is 3.92. The highest BCUT2D eigenvalue weighted by atomic mass is 16.5. The number of hydrogen-bond acceptors (Lipinski definition) is 6. The molecule has 2 aromatic rings. The molecule has 1 amide bonds. The van der Waals surface area contributed by atoms with Gasteiger partial charge in [-0.15, -0.1) is 0 Å². The Kier molecular flexibility index (Phi) is 7.14. The van der Waals surface area contributed by atoms with Crippen molar-refractivity contribution in [2.75, 3.05) is 19.0 Å². The number of para-hydroxylation sites is 1. The second-order valence-corrected chi connectivity index (χ2v) is 5.94. The van der Waals surface area contributed by atoms with E-state index in [-0.39, 0.29) is 11.3 Å². The van der Waals surface area contributed by atoms with Crippen LogP contribution in [0, 0.1) is 0 Å². The lowest BCUT2D eigenvalue weighted by Gasteiger charge is -2.16. The Morgan fingerprint density at radius 1 is 1.07 bits per heavy atom. The molecule has 0 bridgehead atoms. The van der Waals surface area contributed by atoms with Gasteiger partial charge in [-0.25, -0.2) is 4.79 Å². The molecule has 7 heteroatoms. The number of carbonyl (C=O) groups is 3. The van der Waals surface area contributed by atoms with Crippen molar-refractivity contribution >= 4 is 23.3 Å².